The van der Waals surface area contributed by atoms with Crippen LogP contribution in [-0.4, -0.2) is 10.4 Å². The van der Waals surface area contributed by atoms with Crippen LogP contribution in [-0.2, 0) is 6.54 Å². The van der Waals surface area contributed by atoms with Crippen molar-refractivity contribution in [2.45, 2.75) is 20.4 Å². The molecule has 1 aromatic heterocycles. The van der Waals surface area contributed by atoms with Crippen molar-refractivity contribution in [2.75, 3.05) is 0 Å². The SMILES string of the molecule is Cc1cc(C(=O)Cn2c(C)csc2=O)c(Cl)cc1F. The second-order valence-corrected chi connectivity index (χ2v) is 5.46. The molecule has 0 aliphatic carbocycles. The van der Waals surface area contributed by atoms with Crippen LogP contribution in [0, 0.1) is 19.7 Å². The predicted octanol–water partition coefficient (Wildman–Crippen LogP) is 3.20. The van der Waals surface area contributed by atoms with Crippen LogP contribution < -0.4 is 4.87 Å². The van der Waals surface area contributed by atoms with Crippen LogP contribution in [0.1, 0.15) is 21.6 Å². The number of aromatic nitrogens is 1. The molecule has 1 aromatic carbocycles. The molecule has 0 saturated heterocycles. The van der Waals surface area contributed by atoms with Gasteiger partial charge in [-0.2, -0.15) is 0 Å². The molecule has 3 nitrogen and oxygen atoms in total. The lowest BCUT2D eigenvalue weighted by Crippen LogP contribution is -2.21. The molecule has 0 aliphatic heterocycles. The molecule has 100 valence electrons. The third-order valence-electron chi connectivity index (χ3n) is 2.83. The average Bonchev–Trinajstić information content (AvgIpc) is 2.65. The Hall–Kier alpha value is -1.46. The maximum absolute atomic E-state index is 13.3. The van der Waals surface area contributed by atoms with Crippen molar-refractivity contribution in [1.29, 1.82) is 0 Å². The maximum Gasteiger partial charge on any atom is 0.307 e. The van der Waals surface area contributed by atoms with Gasteiger partial charge < -0.3 is 0 Å². The van der Waals surface area contributed by atoms with Gasteiger partial charge in [0.15, 0.2) is 5.78 Å². The van der Waals surface area contributed by atoms with E-state index in [9.17, 15) is 14.0 Å². The summed E-state index contributed by atoms with van der Waals surface area (Å²) in [5.74, 6) is -0.762. The number of hydrogen-bond donors (Lipinski definition) is 0. The van der Waals surface area contributed by atoms with Gasteiger partial charge in [-0.15, -0.1) is 0 Å². The number of hydrogen-bond acceptors (Lipinski definition) is 3. The van der Waals surface area contributed by atoms with Gasteiger partial charge in [0.05, 0.1) is 11.6 Å². The van der Waals surface area contributed by atoms with Crippen LogP contribution in [0.5, 0.6) is 0 Å². The summed E-state index contributed by atoms with van der Waals surface area (Å²) in [4.78, 5) is 23.5. The zero-order chi connectivity index (χ0) is 14.2. The fourth-order valence-corrected chi connectivity index (χ4v) is 2.69. The zero-order valence-electron chi connectivity index (χ0n) is 10.4. The van der Waals surface area contributed by atoms with Gasteiger partial charge >= 0.3 is 4.87 Å². The summed E-state index contributed by atoms with van der Waals surface area (Å²) in [5.41, 5.74) is 1.30. The summed E-state index contributed by atoms with van der Waals surface area (Å²) in [6, 6.07) is 2.53. The third kappa shape index (κ3) is 2.77. The van der Waals surface area contributed by atoms with E-state index in [1.807, 2.05) is 0 Å². The Labute approximate surface area is 118 Å². The molecule has 19 heavy (non-hydrogen) atoms. The molecule has 0 unspecified atom stereocenters. The van der Waals surface area contributed by atoms with Crippen LogP contribution in [0.2, 0.25) is 5.02 Å². The number of carbonyl (C=O) groups is 1. The third-order valence-corrected chi connectivity index (χ3v) is 4.02. The van der Waals surface area contributed by atoms with E-state index in [0.29, 0.717) is 5.56 Å². The van der Waals surface area contributed by atoms with E-state index < -0.39 is 5.82 Å². The zero-order valence-corrected chi connectivity index (χ0v) is 11.9. The Balaban J connectivity index is 2.36. The van der Waals surface area contributed by atoms with E-state index in [2.05, 4.69) is 0 Å². The Morgan fingerprint density at radius 1 is 1.42 bits per heavy atom. The number of rotatable bonds is 3. The summed E-state index contributed by atoms with van der Waals surface area (Å²) in [6.45, 7) is 3.23. The van der Waals surface area contributed by atoms with E-state index in [1.165, 1.54) is 10.6 Å². The number of benzene rings is 1. The van der Waals surface area contributed by atoms with Crippen molar-refractivity contribution in [2.24, 2.45) is 0 Å². The summed E-state index contributed by atoms with van der Waals surface area (Å²) < 4.78 is 14.7. The molecule has 0 atom stereocenters. The molecule has 0 N–H and O–H groups in total. The first kappa shape index (κ1) is 14.0. The van der Waals surface area contributed by atoms with Crippen LogP contribution in [0.25, 0.3) is 0 Å². The Kier molecular flexibility index (Phi) is 3.87. The molecular formula is C13H11ClFNO2S. The highest BCUT2D eigenvalue weighted by molar-refractivity contribution is 7.07. The Morgan fingerprint density at radius 3 is 2.68 bits per heavy atom. The van der Waals surface area contributed by atoms with E-state index in [1.54, 1.807) is 19.2 Å². The molecule has 0 spiro atoms. The van der Waals surface area contributed by atoms with E-state index in [4.69, 9.17) is 11.6 Å². The molecule has 0 amide bonds. The topological polar surface area (TPSA) is 39.1 Å². The molecule has 0 fully saturated rings. The summed E-state index contributed by atoms with van der Waals surface area (Å²) in [7, 11) is 0. The van der Waals surface area contributed by atoms with Crippen LogP contribution in [0.4, 0.5) is 4.39 Å². The second-order valence-electron chi connectivity index (χ2n) is 4.23. The number of ketones is 1. The maximum atomic E-state index is 13.3. The quantitative estimate of drug-likeness (QED) is 0.816. The van der Waals surface area contributed by atoms with E-state index in [-0.39, 0.29) is 27.8 Å². The largest absolute Gasteiger partial charge is 0.307 e. The molecule has 2 aromatic rings. The highest BCUT2D eigenvalue weighted by atomic mass is 35.5. The van der Waals surface area contributed by atoms with Crippen molar-refractivity contribution < 1.29 is 9.18 Å². The minimum Gasteiger partial charge on any atom is -0.296 e. The number of nitrogens with zero attached hydrogens (tertiary/aromatic N) is 1. The Bertz CT molecular complexity index is 705. The minimum atomic E-state index is -0.453. The van der Waals surface area contributed by atoms with Crippen molar-refractivity contribution in [3.8, 4) is 0 Å². The number of halogens is 2. The lowest BCUT2D eigenvalue weighted by atomic mass is 10.1. The van der Waals surface area contributed by atoms with Gasteiger partial charge in [0.2, 0.25) is 0 Å². The highest BCUT2D eigenvalue weighted by Crippen LogP contribution is 2.21. The van der Waals surface area contributed by atoms with Crippen LogP contribution in [0.3, 0.4) is 0 Å². The van der Waals surface area contributed by atoms with Crippen molar-refractivity contribution in [1.82, 2.24) is 4.57 Å². The van der Waals surface area contributed by atoms with Gasteiger partial charge in [0.25, 0.3) is 0 Å². The summed E-state index contributed by atoms with van der Waals surface area (Å²) in [5, 5.41) is 1.75. The van der Waals surface area contributed by atoms with Crippen LogP contribution in [0.15, 0.2) is 22.3 Å². The first-order valence-corrected chi connectivity index (χ1v) is 6.79. The monoisotopic (exact) mass is 299 g/mol. The summed E-state index contributed by atoms with van der Waals surface area (Å²) >= 11 is 6.91. The predicted molar refractivity (Wildman–Crippen MR) is 73.8 cm³/mol. The van der Waals surface area contributed by atoms with Gasteiger partial charge in [-0.05, 0) is 31.5 Å². The normalized spacial score (nSPS) is 10.7. The molecule has 0 bridgehead atoms. The first-order valence-electron chi connectivity index (χ1n) is 5.54. The molecular weight excluding hydrogens is 289 g/mol. The van der Waals surface area contributed by atoms with E-state index >= 15 is 0 Å². The first-order chi connectivity index (χ1) is 8.90. The fraction of sp³-hybridized carbons (Fsp3) is 0.231. The van der Waals surface area contributed by atoms with Gasteiger partial charge in [0.1, 0.15) is 5.82 Å². The molecule has 0 aliphatic rings. The van der Waals surface area contributed by atoms with E-state index in [0.717, 1.165) is 23.1 Å². The standard InChI is InChI=1S/C13H11ClFNO2S/c1-7-3-9(10(14)4-11(7)15)12(17)5-16-8(2)6-19-13(16)18/h3-4,6H,5H2,1-2H3. The lowest BCUT2D eigenvalue weighted by molar-refractivity contribution is 0.0970. The molecule has 6 heteroatoms. The number of carbonyl (C=O) groups excluding carboxylic acids is 1. The number of aryl methyl sites for hydroxylation is 2. The number of thiazole rings is 1. The van der Waals surface area contributed by atoms with Crippen molar-refractivity contribution in [3.63, 3.8) is 0 Å². The van der Waals surface area contributed by atoms with Gasteiger partial charge in [-0.1, -0.05) is 22.9 Å². The molecule has 0 radical (unpaired) electrons. The smallest absolute Gasteiger partial charge is 0.296 e. The molecule has 2 rings (SSSR count). The minimum absolute atomic E-state index is 0.0639. The fourth-order valence-electron chi connectivity index (χ4n) is 1.70. The van der Waals surface area contributed by atoms with Gasteiger partial charge in [0, 0.05) is 16.6 Å². The number of Topliss-reactive ketones (excluding diaryl/α,β-unsaturated/α-hetero) is 1. The lowest BCUT2D eigenvalue weighted by Gasteiger charge is -2.07. The summed E-state index contributed by atoms with van der Waals surface area (Å²) in [6.07, 6.45) is 0. The van der Waals surface area contributed by atoms with Gasteiger partial charge in [-0.3, -0.25) is 14.2 Å². The van der Waals surface area contributed by atoms with Crippen LogP contribution >= 0.6 is 22.9 Å². The molecule has 0 saturated carbocycles. The van der Waals surface area contributed by atoms with Gasteiger partial charge in [-0.25, -0.2) is 4.39 Å². The Morgan fingerprint density at radius 2 is 2.11 bits per heavy atom. The van der Waals surface area contributed by atoms with Crippen molar-refractivity contribution in [3.05, 3.63) is 54.8 Å². The second kappa shape index (κ2) is 5.27. The van der Waals surface area contributed by atoms with Crippen molar-refractivity contribution >= 4 is 28.7 Å². The highest BCUT2D eigenvalue weighted by Gasteiger charge is 2.15. The average molecular weight is 300 g/mol. The molecule has 1 heterocycles.